The smallest absolute Gasteiger partial charge is 0.326 e. The van der Waals surface area contributed by atoms with Crippen LogP contribution in [0.2, 0.25) is 0 Å². The summed E-state index contributed by atoms with van der Waals surface area (Å²) in [7, 11) is 0. The van der Waals surface area contributed by atoms with E-state index >= 15 is 0 Å². The van der Waals surface area contributed by atoms with Crippen molar-refractivity contribution in [2.75, 3.05) is 13.1 Å². The molecule has 0 spiro atoms. The molecule has 0 radical (unpaired) electrons. The summed E-state index contributed by atoms with van der Waals surface area (Å²) in [6, 6.07) is 3.82. The second-order valence-electron chi connectivity index (χ2n) is 8.52. The summed E-state index contributed by atoms with van der Waals surface area (Å²) in [6.07, 6.45) is 1.89. The summed E-state index contributed by atoms with van der Waals surface area (Å²) in [5, 5.41) is 31.6. The van der Waals surface area contributed by atoms with Crippen LogP contribution in [0.25, 0.3) is 0 Å². The predicted octanol–water partition coefficient (Wildman–Crippen LogP) is 2.15. The lowest BCUT2D eigenvalue weighted by Crippen LogP contribution is -2.51. The van der Waals surface area contributed by atoms with Crippen LogP contribution in [0.1, 0.15) is 56.9 Å². The van der Waals surface area contributed by atoms with Crippen molar-refractivity contribution in [2.45, 2.75) is 70.0 Å². The average Bonchev–Trinajstić information content (AvgIpc) is 2.83. The van der Waals surface area contributed by atoms with Crippen LogP contribution in [-0.2, 0) is 25.7 Å². The Morgan fingerprint density at radius 1 is 0.838 bits per heavy atom. The number of carbonyl (C=O) groups is 5. The average molecular weight is 587 g/mol. The predicted molar refractivity (Wildman–Crippen MR) is 138 cm³/mol. The van der Waals surface area contributed by atoms with Gasteiger partial charge in [0.2, 0.25) is 5.91 Å². The zero-order valence-electron chi connectivity index (χ0n) is 20.5. The van der Waals surface area contributed by atoms with Crippen molar-refractivity contribution in [3.8, 4) is 0 Å². The molecule has 0 aliphatic carbocycles. The molecule has 0 saturated carbocycles. The third kappa shape index (κ3) is 13.6. The number of rotatable bonds is 18. The number of hydrogen-bond donors (Lipinski definition) is 6. The summed E-state index contributed by atoms with van der Waals surface area (Å²) >= 11 is 3.38. The van der Waals surface area contributed by atoms with Gasteiger partial charge in [-0.2, -0.15) is 0 Å². The van der Waals surface area contributed by atoms with Gasteiger partial charge in [0.05, 0.1) is 0 Å². The molecule has 37 heavy (non-hydrogen) atoms. The van der Waals surface area contributed by atoms with Crippen LogP contribution in [0.4, 0.5) is 4.79 Å². The number of carboxylic acids is 3. The number of hydrogen-bond acceptors (Lipinski definition) is 6. The van der Waals surface area contributed by atoms with Crippen LogP contribution >= 0.6 is 15.9 Å². The Morgan fingerprint density at radius 2 is 1.43 bits per heavy atom. The van der Waals surface area contributed by atoms with Gasteiger partial charge in [-0.05, 0) is 62.8 Å². The van der Waals surface area contributed by atoms with Crippen LogP contribution in [0, 0.1) is 0 Å². The van der Waals surface area contributed by atoms with Gasteiger partial charge in [-0.3, -0.25) is 9.59 Å². The van der Waals surface area contributed by atoms with E-state index in [1.165, 1.54) is 0 Å². The first kappa shape index (κ1) is 31.8. The van der Waals surface area contributed by atoms with Crippen LogP contribution < -0.4 is 16.4 Å². The minimum Gasteiger partial charge on any atom is -0.481 e. The maximum Gasteiger partial charge on any atom is 0.326 e. The van der Waals surface area contributed by atoms with Gasteiger partial charge in [0, 0.05) is 30.4 Å². The number of nitrogens with zero attached hydrogens (tertiary/aromatic N) is 1. The van der Waals surface area contributed by atoms with Gasteiger partial charge in [0.25, 0.3) is 0 Å². The highest BCUT2D eigenvalue weighted by Crippen LogP contribution is 2.15. The molecule has 0 saturated heterocycles. The Balaban J connectivity index is 2.65. The SMILES string of the molecule is NCCCCC(=O)N(CCCC[C@H](NC(=O)N[C@@H](CCC(=O)O)C(=O)O)C(=O)O)Cc1ccc(Br)cc1. The van der Waals surface area contributed by atoms with Gasteiger partial charge in [-0.15, -0.1) is 0 Å². The molecule has 12 nitrogen and oxygen atoms in total. The molecule has 3 amide bonds. The molecule has 0 aromatic heterocycles. The van der Waals surface area contributed by atoms with Gasteiger partial charge in [-0.1, -0.05) is 28.1 Å². The minimum atomic E-state index is -1.47. The highest BCUT2D eigenvalue weighted by atomic mass is 79.9. The van der Waals surface area contributed by atoms with Crippen LogP contribution in [-0.4, -0.2) is 75.2 Å². The molecular weight excluding hydrogens is 552 g/mol. The number of urea groups is 1. The summed E-state index contributed by atoms with van der Waals surface area (Å²) in [5.74, 6) is -3.96. The Labute approximate surface area is 223 Å². The fourth-order valence-corrected chi connectivity index (χ4v) is 3.74. The van der Waals surface area contributed by atoms with E-state index in [1.54, 1.807) is 4.90 Å². The lowest BCUT2D eigenvalue weighted by molar-refractivity contribution is -0.140. The summed E-state index contributed by atoms with van der Waals surface area (Å²) in [5.41, 5.74) is 6.47. The molecule has 0 aliphatic rings. The number of carbonyl (C=O) groups excluding carboxylic acids is 2. The van der Waals surface area contributed by atoms with E-state index in [0.717, 1.165) is 16.5 Å². The molecule has 2 atom stereocenters. The minimum absolute atomic E-state index is 0.0234. The molecule has 1 rings (SSSR count). The third-order valence-electron chi connectivity index (χ3n) is 5.51. The number of carboxylic acid groups (broad SMARTS) is 3. The summed E-state index contributed by atoms with van der Waals surface area (Å²) in [6.45, 7) is 1.31. The number of unbranched alkanes of at least 4 members (excludes halogenated alkanes) is 2. The number of nitrogens with one attached hydrogen (secondary N) is 2. The van der Waals surface area contributed by atoms with Gasteiger partial charge >= 0.3 is 23.9 Å². The normalized spacial score (nSPS) is 12.3. The first-order valence-corrected chi connectivity index (χ1v) is 12.8. The Hall–Kier alpha value is -3.19. The van der Waals surface area contributed by atoms with E-state index in [2.05, 4.69) is 26.6 Å². The molecule has 13 heteroatoms. The van der Waals surface area contributed by atoms with Gasteiger partial charge in [-0.25, -0.2) is 14.4 Å². The van der Waals surface area contributed by atoms with Crippen molar-refractivity contribution >= 4 is 45.8 Å². The second-order valence-corrected chi connectivity index (χ2v) is 9.43. The van der Waals surface area contributed by atoms with Crippen molar-refractivity contribution in [1.82, 2.24) is 15.5 Å². The molecule has 0 bridgehead atoms. The Morgan fingerprint density at radius 3 is 1.97 bits per heavy atom. The second kappa shape index (κ2) is 17.3. The van der Waals surface area contributed by atoms with Crippen LogP contribution in [0.5, 0.6) is 0 Å². The van der Waals surface area contributed by atoms with Crippen LogP contribution in [0.15, 0.2) is 28.7 Å². The maximum atomic E-state index is 12.8. The van der Waals surface area contributed by atoms with Crippen molar-refractivity contribution in [1.29, 1.82) is 0 Å². The number of amides is 3. The van der Waals surface area contributed by atoms with E-state index in [0.29, 0.717) is 45.3 Å². The molecule has 0 aliphatic heterocycles. The van der Waals surface area contributed by atoms with E-state index in [4.69, 9.17) is 15.9 Å². The van der Waals surface area contributed by atoms with Gasteiger partial charge in [0.15, 0.2) is 0 Å². The summed E-state index contributed by atoms with van der Waals surface area (Å²) < 4.78 is 0.921. The standard InChI is InChI=1S/C24H35BrN4O8/c25-17-9-7-16(8-10-17)15-29(20(30)6-1-3-13-26)14-4-2-5-18(22(33)34)27-24(37)28-19(23(35)36)11-12-21(31)32/h7-10,18-19H,1-6,11-15,26H2,(H,31,32)(H,33,34)(H,35,36)(H2,27,28,37)/t18-,19-/m0/s1. The Kier molecular flexibility index (Phi) is 14.9. The van der Waals surface area contributed by atoms with Crippen LogP contribution in [0.3, 0.4) is 0 Å². The van der Waals surface area contributed by atoms with Gasteiger partial charge < -0.3 is 36.6 Å². The highest BCUT2D eigenvalue weighted by molar-refractivity contribution is 9.10. The first-order valence-electron chi connectivity index (χ1n) is 12.0. The molecule has 7 N–H and O–H groups in total. The lowest BCUT2D eigenvalue weighted by atomic mass is 10.1. The quantitative estimate of drug-likeness (QED) is 0.139. The number of halogens is 1. The highest BCUT2D eigenvalue weighted by Gasteiger charge is 2.25. The van der Waals surface area contributed by atoms with E-state index in [9.17, 15) is 29.1 Å². The topological polar surface area (TPSA) is 199 Å². The van der Waals surface area contributed by atoms with Crippen molar-refractivity contribution < 1.29 is 39.3 Å². The molecular formula is C24H35BrN4O8. The zero-order chi connectivity index (χ0) is 27.8. The zero-order valence-corrected chi connectivity index (χ0v) is 22.1. The summed E-state index contributed by atoms with van der Waals surface area (Å²) in [4.78, 5) is 60.1. The van der Waals surface area contributed by atoms with Crippen molar-refractivity contribution in [3.63, 3.8) is 0 Å². The number of benzene rings is 1. The maximum absolute atomic E-state index is 12.8. The first-order chi connectivity index (χ1) is 17.5. The van der Waals surface area contributed by atoms with E-state index in [1.807, 2.05) is 24.3 Å². The monoisotopic (exact) mass is 586 g/mol. The van der Waals surface area contributed by atoms with E-state index in [-0.39, 0.29) is 18.7 Å². The molecule has 0 unspecified atom stereocenters. The third-order valence-corrected chi connectivity index (χ3v) is 6.04. The number of nitrogens with two attached hydrogens (primary N) is 1. The fourth-order valence-electron chi connectivity index (χ4n) is 3.47. The molecule has 0 fully saturated rings. The Bertz CT molecular complexity index is 913. The largest absolute Gasteiger partial charge is 0.481 e. The van der Waals surface area contributed by atoms with E-state index < -0.39 is 42.4 Å². The fraction of sp³-hybridized carbons (Fsp3) is 0.542. The molecule has 0 heterocycles. The van der Waals surface area contributed by atoms with Crippen molar-refractivity contribution in [3.05, 3.63) is 34.3 Å². The lowest BCUT2D eigenvalue weighted by Gasteiger charge is -2.24. The molecule has 206 valence electrons. The van der Waals surface area contributed by atoms with Crippen molar-refractivity contribution in [2.24, 2.45) is 5.73 Å². The molecule has 1 aromatic rings. The molecule has 1 aromatic carbocycles. The van der Waals surface area contributed by atoms with Gasteiger partial charge in [0.1, 0.15) is 12.1 Å². The number of aliphatic carboxylic acids is 3.